The molecule has 0 fully saturated rings. The molecule has 0 unspecified atom stereocenters. The van der Waals surface area contributed by atoms with Gasteiger partial charge >= 0.3 is 0 Å². The van der Waals surface area contributed by atoms with Gasteiger partial charge in [0, 0.05) is 15.4 Å². The highest BCUT2D eigenvalue weighted by molar-refractivity contribution is 7.93. The number of nitrogens with zero attached hydrogens (tertiary/aromatic N) is 1. The largest absolute Gasteiger partial charge is 0.391 e. The molecule has 2 N–H and O–H groups in total. The fourth-order valence-corrected chi connectivity index (χ4v) is 4.16. The summed E-state index contributed by atoms with van der Waals surface area (Å²) in [6.45, 7) is 3.34. The zero-order valence-electron chi connectivity index (χ0n) is 10.5. The van der Waals surface area contributed by atoms with Crippen molar-refractivity contribution < 1.29 is 13.5 Å². The maximum absolute atomic E-state index is 12.2. The number of hydrogen-bond acceptors (Lipinski definition) is 5. The van der Waals surface area contributed by atoms with Gasteiger partial charge in [-0.15, -0.1) is 11.3 Å². The van der Waals surface area contributed by atoms with E-state index < -0.39 is 10.0 Å². The van der Waals surface area contributed by atoms with Gasteiger partial charge in [-0.25, -0.2) is 13.4 Å². The first-order chi connectivity index (χ1) is 8.92. The normalized spacial score (nSPS) is 11.5. The van der Waals surface area contributed by atoms with Gasteiger partial charge in [0.25, 0.3) is 10.0 Å². The number of hydrogen-bond donors (Lipinski definition) is 2. The van der Waals surface area contributed by atoms with E-state index in [1.54, 1.807) is 32.0 Å². The second-order valence-corrected chi connectivity index (χ2v) is 7.05. The molecule has 0 aliphatic carbocycles. The number of thiophene rings is 1. The molecule has 0 aliphatic heterocycles. The lowest BCUT2D eigenvalue weighted by Crippen LogP contribution is -2.14. The summed E-state index contributed by atoms with van der Waals surface area (Å²) in [7, 11) is -3.66. The summed E-state index contributed by atoms with van der Waals surface area (Å²) >= 11 is 1.27. The van der Waals surface area contributed by atoms with E-state index in [9.17, 15) is 8.42 Å². The van der Waals surface area contributed by atoms with Gasteiger partial charge in [-0.1, -0.05) is 6.07 Å². The van der Waals surface area contributed by atoms with E-state index in [1.807, 2.05) is 0 Å². The minimum Gasteiger partial charge on any atom is -0.391 e. The second-order valence-electron chi connectivity index (χ2n) is 4.06. The van der Waals surface area contributed by atoms with Crippen LogP contribution in [-0.2, 0) is 16.6 Å². The Hall–Kier alpha value is -1.44. The van der Waals surface area contributed by atoms with E-state index in [-0.39, 0.29) is 17.3 Å². The lowest BCUT2D eigenvalue weighted by atomic mass is 10.4. The Balaban J connectivity index is 2.34. The van der Waals surface area contributed by atoms with Crippen LogP contribution >= 0.6 is 11.3 Å². The molecule has 0 saturated carbocycles. The van der Waals surface area contributed by atoms with Gasteiger partial charge in [-0.2, -0.15) is 0 Å². The van der Waals surface area contributed by atoms with Crippen LogP contribution in [0.15, 0.2) is 29.2 Å². The molecule has 2 rings (SSSR count). The summed E-state index contributed by atoms with van der Waals surface area (Å²) in [6, 6.07) is 6.61. The first-order valence-electron chi connectivity index (χ1n) is 5.59. The van der Waals surface area contributed by atoms with Crippen molar-refractivity contribution in [2.75, 3.05) is 4.72 Å². The van der Waals surface area contributed by atoms with E-state index in [4.69, 9.17) is 5.11 Å². The fraction of sp³-hybridized carbons (Fsp3) is 0.250. The molecule has 19 heavy (non-hydrogen) atoms. The Bertz CT molecular complexity index is 693. The second kappa shape index (κ2) is 5.28. The topological polar surface area (TPSA) is 79.3 Å². The lowest BCUT2D eigenvalue weighted by Gasteiger charge is -2.07. The molecule has 5 nitrogen and oxygen atoms in total. The third kappa shape index (κ3) is 3.12. The lowest BCUT2D eigenvalue weighted by molar-refractivity contribution is 0.285. The van der Waals surface area contributed by atoms with Gasteiger partial charge in [0.2, 0.25) is 0 Å². The Morgan fingerprint density at radius 1 is 1.37 bits per heavy atom. The number of aromatic nitrogens is 1. The van der Waals surface area contributed by atoms with Crippen molar-refractivity contribution in [1.29, 1.82) is 0 Å². The van der Waals surface area contributed by atoms with Crippen LogP contribution in [0.4, 0.5) is 5.82 Å². The number of aliphatic hydroxyl groups excluding tert-OH is 1. The van der Waals surface area contributed by atoms with Crippen LogP contribution in [0.25, 0.3) is 0 Å². The van der Waals surface area contributed by atoms with Crippen molar-refractivity contribution in [1.82, 2.24) is 4.98 Å². The van der Waals surface area contributed by atoms with Crippen LogP contribution < -0.4 is 4.72 Å². The van der Waals surface area contributed by atoms with Crippen LogP contribution in [0.1, 0.15) is 15.4 Å². The average molecular weight is 298 g/mol. The Kier molecular flexibility index (Phi) is 3.88. The van der Waals surface area contributed by atoms with Crippen LogP contribution in [0, 0.1) is 13.8 Å². The SMILES string of the molecule is Cc1cccc(NS(=O)(=O)c2cc(CO)sc2C)n1. The molecule has 7 heteroatoms. The average Bonchev–Trinajstić information content (AvgIpc) is 2.71. The number of aliphatic hydroxyl groups is 1. The first-order valence-corrected chi connectivity index (χ1v) is 7.89. The highest BCUT2D eigenvalue weighted by Crippen LogP contribution is 2.27. The van der Waals surface area contributed by atoms with Crippen LogP contribution in [-0.4, -0.2) is 18.5 Å². The molecule has 0 atom stereocenters. The van der Waals surface area contributed by atoms with Gasteiger partial charge in [0.15, 0.2) is 0 Å². The molecule has 0 bridgehead atoms. The summed E-state index contributed by atoms with van der Waals surface area (Å²) in [5, 5.41) is 9.05. The molecular formula is C12H14N2O3S2. The first kappa shape index (κ1) is 14.0. The molecule has 0 saturated heterocycles. The minimum atomic E-state index is -3.66. The smallest absolute Gasteiger partial charge is 0.264 e. The molecule has 0 spiro atoms. The van der Waals surface area contributed by atoms with Gasteiger partial charge in [0.1, 0.15) is 10.7 Å². The van der Waals surface area contributed by atoms with Gasteiger partial charge in [0.05, 0.1) is 6.61 Å². The molecule has 0 aromatic carbocycles. The molecule has 2 aromatic rings. The molecule has 0 radical (unpaired) electrons. The quantitative estimate of drug-likeness (QED) is 0.905. The zero-order valence-corrected chi connectivity index (χ0v) is 12.2. The molecular weight excluding hydrogens is 284 g/mol. The monoisotopic (exact) mass is 298 g/mol. The van der Waals surface area contributed by atoms with Crippen molar-refractivity contribution in [3.05, 3.63) is 39.7 Å². The highest BCUT2D eigenvalue weighted by atomic mass is 32.2. The van der Waals surface area contributed by atoms with E-state index in [2.05, 4.69) is 9.71 Å². The minimum absolute atomic E-state index is 0.163. The number of anilines is 1. The van der Waals surface area contributed by atoms with E-state index >= 15 is 0 Å². The third-order valence-electron chi connectivity index (χ3n) is 2.50. The summed E-state index contributed by atoms with van der Waals surface area (Å²) in [5.41, 5.74) is 0.735. The van der Waals surface area contributed by atoms with Crippen LogP contribution in [0.3, 0.4) is 0 Å². The van der Waals surface area contributed by atoms with Gasteiger partial charge in [-0.3, -0.25) is 4.72 Å². The maximum Gasteiger partial charge on any atom is 0.264 e. The van der Waals surface area contributed by atoms with Crippen molar-refractivity contribution in [3.8, 4) is 0 Å². The highest BCUT2D eigenvalue weighted by Gasteiger charge is 2.20. The molecule has 2 heterocycles. The summed E-state index contributed by atoms with van der Waals surface area (Å²) in [5.74, 6) is 0.288. The Labute approximate surface area is 116 Å². The van der Waals surface area contributed by atoms with Gasteiger partial charge in [-0.05, 0) is 32.0 Å². The summed E-state index contributed by atoms with van der Waals surface area (Å²) in [6.07, 6.45) is 0. The van der Waals surface area contributed by atoms with E-state index in [1.165, 1.54) is 17.4 Å². The number of pyridine rings is 1. The van der Waals surface area contributed by atoms with Crippen LogP contribution in [0.5, 0.6) is 0 Å². The van der Waals surface area contributed by atoms with E-state index in [0.717, 1.165) is 5.69 Å². The van der Waals surface area contributed by atoms with Crippen molar-refractivity contribution in [3.63, 3.8) is 0 Å². The third-order valence-corrected chi connectivity index (χ3v) is 5.14. The number of nitrogens with one attached hydrogen (secondary N) is 1. The molecule has 2 aromatic heterocycles. The van der Waals surface area contributed by atoms with Crippen molar-refractivity contribution in [2.24, 2.45) is 0 Å². The Morgan fingerprint density at radius 2 is 2.11 bits per heavy atom. The number of aryl methyl sites for hydroxylation is 2. The maximum atomic E-state index is 12.2. The van der Waals surface area contributed by atoms with E-state index in [0.29, 0.717) is 9.75 Å². The number of sulfonamides is 1. The predicted molar refractivity (Wildman–Crippen MR) is 74.8 cm³/mol. The van der Waals surface area contributed by atoms with Crippen LogP contribution in [0.2, 0.25) is 0 Å². The zero-order chi connectivity index (χ0) is 14.0. The molecule has 0 amide bonds. The fourth-order valence-electron chi connectivity index (χ4n) is 1.66. The summed E-state index contributed by atoms with van der Waals surface area (Å²) < 4.78 is 26.9. The Morgan fingerprint density at radius 3 is 2.68 bits per heavy atom. The predicted octanol–water partition coefficient (Wildman–Crippen LogP) is 2.05. The van der Waals surface area contributed by atoms with Crippen molar-refractivity contribution in [2.45, 2.75) is 25.3 Å². The number of rotatable bonds is 4. The molecule has 102 valence electrons. The van der Waals surface area contributed by atoms with Gasteiger partial charge < -0.3 is 5.11 Å². The molecule has 0 aliphatic rings. The van der Waals surface area contributed by atoms with Crippen molar-refractivity contribution >= 4 is 27.2 Å². The standard InChI is InChI=1S/C12H14N2O3S2/c1-8-4-3-5-12(13-8)14-19(16,17)11-6-10(7-15)18-9(11)2/h3-6,15H,7H2,1-2H3,(H,13,14). The summed E-state index contributed by atoms with van der Waals surface area (Å²) in [4.78, 5) is 5.55.